The molecule has 0 amide bonds. The smallest absolute Gasteiger partial charge is 0.322 e. The van der Waals surface area contributed by atoms with Crippen LogP contribution in [0.5, 0.6) is 0 Å². The van der Waals surface area contributed by atoms with Gasteiger partial charge in [-0.05, 0) is 11.8 Å². The molecule has 0 saturated heterocycles. The van der Waals surface area contributed by atoms with Gasteiger partial charge in [0.2, 0.25) is 0 Å². The lowest BCUT2D eigenvalue weighted by Gasteiger charge is -2.25. The second kappa shape index (κ2) is 6.80. The van der Waals surface area contributed by atoms with E-state index in [1.54, 1.807) is 7.11 Å². The minimum atomic E-state index is -0.245. The van der Waals surface area contributed by atoms with Gasteiger partial charge in [-0.15, -0.1) is 0 Å². The van der Waals surface area contributed by atoms with E-state index in [4.69, 9.17) is 9.47 Å². The van der Waals surface area contributed by atoms with Crippen LogP contribution < -0.4 is 5.32 Å². The zero-order chi connectivity index (χ0) is 11.9. The zero-order valence-corrected chi connectivity index (χ0v) is 10.4. The van der Waals surface area contributed by atoms with Crippen LogP contribution in [0.1, 0.15) is 27.2 Å². The Bertz CT molecular complexity index is 187. The molecule has 1 atom stereocenters. The number of carbonyl (C=O) groups is 1. The summed E-state index contributed by atoms with van der Waals surface area (Å²) in [5.41, 5.74) is 0.0962. The lowest BCUT2D eigenvalue weighted by molar-refractivity contribution is -0.144. The van der Waals surface area contributed by atoms with Crippen molar-refractivity contribution in [3.05, 3.63) is 0 Å². The van der Waals surface area contributed by atoms with Gasteiger partial charge in [0.15, 0.2) is 0 Å². The minimum Gasteiger partial charge on any atom is -0.468 e. The molecule has 0 bridgehead atoms. The number of nitrogens with one attached hydrogen (secondary N) is 1. The van der Waals surface area contributed by atoms with E-state index in [2.05, 4.69) is 26.1 Å². The highest BCUT2D eigenvalue weighted by Gasteiger charge is 2.24. The fraction of sp³-hybridized carbons (Fsp3) is 0.909. The van der Waals surface area contributed by atoms with E-state index in [0.29, 0.717) is 13.2 Å². The lowest BCUT2D eigenvalue weighted by Crippen LogP contribution is -2.41. The van der Waals surface area contributed by atoms with Crippen LogP contribution in [0, 0.1) is 5.41 Å². The number of ether oxygens (including phenoxy) is 2. The van der Waals surface area contributed by atoms with Gasteiger partial charge in [0.05, 0.1) is 13.7 Å². The molecule has 15 heavy (non-hydrogen) atoms. The molecule has 0 saturated carbocycles. The van der Waals surface area contributed by atoms with Gasteiger partial charge < -0.3 is 14.8 Å². The zero-order valence-electron chi connectivity index (χ0n) is 10.4. The molecule has 0 rings (SSSR count). The molecule has 1 N–H and O–H groups in total. The summed E-state index contributed by atoms with van der Waals surface area (Å²) < 4.78 is 9.67. The van der Waals surface area contributed by atoms with Gasteiger partial charge in [0.1, 0.15) is 6.04 Å². The molecule has 0 aromatic carbocycles. The predicted molar refractivity (Wildman–Crippen MR) is 59.8 cm³/mol. The number of esters is 1. The minimum absolute atomic E-state index is 0.0962. The Hall–Kier alpha value is -0.610. The Labute approximate surface area is 92.3 Å². The molecule has 0 fully saturated rings. The van der Waals surface area contributed by atoms with Gasteiger partial charge in [-0.1, -0.05) is 20.8 Å². The first-order valence-corrected chi connectivity index (χ1v) is 5.21. The van der Waals surface area contributed by atoms with Crippen molar-refractivity contribution in [2.24, 2.45) is 5.41 Å². The second-order valence-electron chi connectivity index (χ2n) is 4.79. The van der Waals surface area contributed by atoms with Gasteiger partial charge in [-0.2, -0.15) is 0 Å². The van der Waals surface area contributed by atoms with E-state index in [1.807, 2.05) is 0 Å². The van der Waals surface area contributed by atoms with Crippen LogP contribution in [0.4, 0.5) is 0 Å². The van der Waals surface area contributed by atoms with Crippen LogP contribution in [-0.4, -0.2) is 39.4 Å². The molecule has 0 aliphatic rings. The molecule has 0 spiro atoms. The van der Waals surface area contributed by atoms with Gasteiger partial charge in [-0.25, -0.2) is 0 Å². The van der Waals surface area contributed by atoms with Crippen molar-refractivity contribution in [2.45, 2.75) is 33.2 Å². The number of carbonyl (C=O) groups excluding carboxylic acids is 1. The van der Waals surface area contributed by atoms with Crippen LogP contribution in [0.25, 0.3) is 0 Å². The normalized spacial score (nSPS) is 13.7. The largest absolute Gasteiger partial charge is 0.468 e. The maximum Gasteiger partial charge on any atom is 0.322 e. The summed E-state index contributed by atoms with van der Waals surface area (Å²) in [6.07, 6.45) is 0.753. The standard InChI is InChI=1S/C11H23NO3/c1-11(2,3)8-9(10(13)15-5)12-6-7-14-4/h9,12H,6-8H2,1-5H3. The summed E-state index contributed by atoms with van der Waals surface area (Å²) in [5, 5.41) is 3.13. The third-order valence-electron chi connectivity index (χ3n) is 2.00. The number of methoxy groups -OCH3 is 2. The average molecular weight is 217 g/mol. The number of hydrogen-bond acceptors (Lipinski definition) is 4. The molecular weight excluding hydrogens is 194 g/mol. The Morgan fingerprint density at radius 1 is 1.33 bits per heavy atom. The van der Waals surface area contributed by atoms with E-state index in [0.717, 1.165) is 6.42 Å². The summed E-state index contributed by atoms with van der Waals surface area (Å²) in [7, 11) is 3.05. The predicted octanol–water partition coefficient (Wildman–Crippen LogP) is 1.20. The van der Waals surface area contributed by atoms with Crippen LogP contribution in [0.15, 0.2) is 0 Å². The molecule has 1 unspecified atom stereocenters. The average Bonchev–Trinajstić information content (AvgIpc) is 2.13. The lowest BCUT2D eigenvalue weighted by atomic mass is 9.88. The summed E-state index contributed by atoms with van der Waals surface area (Å²) in [6, 6.07) is -0.245. The van der Waals surface area contributed by atoms with Crippen molar-refractivity contribution in [3.8, 4) is 0 Å². The highest BCUT2D eigenvalue weighted by molar-refractivity contribution is 5.75. The Balaban J connectivity index is 4.13. The van der Waals surface area contributed by atoms with Crippen LogP contribution >= 0.6 is 0 Å². The highest BCUT2D eigenvalue weighted by Crippen LogP contribution is 2.21. The first kappa shape index (κ1) is 14.4. The Morgan fingerprint density at radius 3 is 2.33 bits per heavy atom. The van der Waals surface area contributed by atoms with Crippen LogP contribution in [0.2, 0.25) is 0 Å². The molecule has 0 aromatic heterocycles. The molecule has 0 radical (unpaired) electrons. The van der Waals surface area contributed by atoms with E-state index < -0.39 is 0 Å². The SMILES string of the molecule is COCCNC(CC(C)(C)C)C(=O)OC. The van der Waals surface area contributed by atoms with Crippen molar-refractivity contribution < 1.29 is 14.3 Å². The topological polar surface area (TPSA) is 47.6 Å². The third-order valence-corrected chi connectivity index (χ3v) is 2.00. The van der Waals surface area contributed by atoms with Crippen molar-refractivity contribution in [1.82, 2.24) is 5.32 Å². The van der Waals surface area contributed by atoms with Crippen molar-refractivity contribution >= 4 is 5.97 Å². The fourth-order valence-electron chi connectivity index (χ4n) is 1.33. The number of hydrogen-bond donors (Lipinski definition) is 1. The first-order chi connectivity index (χ1) is 6.90. The van der Waals surface area contributed by atoms with Gasteiger partial charge in [0, 0.05) is 13.7 Å². The third kappa shape index (κ3) is 7.33. The number of rotatable bonds is 6. The highest BCUT2D eigenvalue weighted by atomic mass is 16.5. The Morgan fingerprint density at radius 2 is 1.93 bits per heavy atom. The first-order valence-electron chi connectivity index (χ1n) is 5.21. The van der Waals surface area contributed by atoms with Gasteiger partial charge >= 0.3 is 5.97 Å². The summed E-state index contributed by atoms with van der Waals surface area (Å²) >= 11 is 0. The second-order valence-corrected chi connectivity index (χ2v) is 4.79. The summed E-state index contributed by atoms with van der Waals surface area (Å²) in [6.45, 7) is 7.55. The van der Waals surface area contributed by atoms with Crippen molar-refractivity contribution in [1.29, 1.82) is 0 Å². The maximum atomic E-state index is 11.5. The van der Waals surface area contributed by atoms with E-state index in [9.17, 15) is 4.79 Å². The monoisotopic (exact) mass is 217 g/mol. The Kier molecular flexibility index (Phi) is 6.52. The van der Waals surface area contributed by atoms with Crippen molar-refractivity contribution in [2.75, 3.05) is 27.4 Å². The fourth-order valence-corrected chi connectivity index (χ4v) is 1.33. The molecule has 0 aromatic rings. The molecule has 4 heteroatoms. The van der Waals surface area contributed by atoms with Gasteiger partial charge in [0.25, 0.3) is 0 Å². The van der Waals surface area contributed by atoms with Crippen LogP contribution in [-0.2, 0) is 14.3 Å². The quantitative estimate of drug-likeness (QED) is 0.536. The molecule has 0 aliphatic heterocycles. The maximum absolute atomic E-state index is 11.5. The van der Waals surface area contributed by atoms with E-state index >= 15 is 0 Å². The summed E-state index contributed by atoms with van der Waals surface area (Å²) in [5.74, 6) is -0.207. The van der Waals surface area contributed by atoms with Crippen molar-refractivity contribution in [3.63, 3.8) is 0 Å². The molecule has 0 aliphatic carbocycles. The molecule has 4 nitrogen and oxygen atoms in total. The van der Waals surface area contributed by atoms with E-state index in [1.165, 1.54) is 7.11 Å². The molecule has 90 valence electrons. The van der Waals surface area contributed by atoms with Crippen LogP contribution in [0.3, 0.4) is 0 Å². The van der Waals surface area contributed by atoms with E-state index in [-0.39, 0.29) is 17.4 Å². The summed E-state index contributed by atoms with van der Waals surface area (Å²) in [4.78, 5) is 11.5. The van der Waals surface area contributed by atoms with Gasteiger partial charge in [-0.3, -0.25) is 4.79 Å². The molecular formula is C11H23NO3. The molecule has 0 heterocycles.